The molecule has 0 spiro atoms. The smallest absolute Gasteiger partial charge is 0.326 e. The molecule has 1 aromatic heterocycles. The zero-order chi connectivity index (χ0) is 16.1. The van der Waals surface area contributed by atoms with Gasteiger partial charge >= 0.3 is 5.97 Å². The topological polar surface area (TPSA) is 68.5 Å². The Bertz CT molecular complexity index is 719. The number of benzene rings is 1. The molecule has 1 N–H and O–H groups in total. The summed E-state index contributed by atoms with van der Waals surface area (Å²) >= 11 is 0. The normalized spacial score (nSPS) is 10.7. The largest absolute Gasteiger partial charge is 0.462 e. The summed E-state index contributed by atoms with van der Waals surface area (Å²) in [7, 11) is 0. The van der Waals surface area contributed by atoms with Crippen LogP contribution in [-0.2, 0) is 22.7 Å². The van der Waals surface area contributed by atoms with E-state index >= 15 is 0 Å². The van der Waals surface area contributed by atoms with Crippen LogP contribution in [0.3, 0.4) is 0 Å². The Balaban J connectivity index is 2.30. The number of carbonyl (C=O) groups is 1. The van der Waals surface area contributed by atoms with Gasteiger partial charge in [0.2, 0.25) is 0 Å². The van der Waals surface area contributed by atoms with Crippen LogP contribution < -0.4 is 5.56 Å². The number of aliphatic hydroxyl groups is 1. The van der Waals surface area contributed by atoms with Gasteiger partial charge in [-0.15, -0.1) is 0 Å². The first-order valence-corrected chi connectivity index (χ1v) is 7.09. The van der Waals surface area contributed by atoms with Crippen LogP contribution in [0, 0.1) is 0 Å². The summed E-state index contributed by atoms with van der Waals surface area (Å²) in [6, 6.07) is 10.5. The number of aliphatic hydroxyl groups excluding tert-OH is 1. The van der Waals surface area contributed by atoms with Gasteiger partial charge in [-0.1, -0.05) is 18.2 Å². The van der Waals surface area contributed by atoms with Gasteiger partial charge in [0.1, 0.15) is 6.54 Å². The summed E-state index contributed by atoms with van der Waals surface area (Å²) in [4.78, 5) is 23.6. The van der Waals surface area contributed by atoms with Crippen LogP contribution in [0.2, 0.25) is 0 Å². The zero-order valence-electron chi connectivity index (χ0n) is 12.7. The number of pyridine rings is 1. The summed E-state index contributed by atoms with van der Waals surface area (Å²) < 4.78 is 6.38. The van der Waals surface area contributed by atoms with Gasteiger partial charge in [-0.05, 0) is 42.7 Å². The molecule has 2 rings (SSSR count). The lowest BCUT2D eigenvalue weighted by molar-refractivity contribution is -0.148. The average Bonchev–Trinajstić information content (AvgIpc) is 2.48. The van der Waals surface area contributed by atoms with Crippen LogP contribution in [-0.4, -0.2) is 21.7 Å². The molecular weight excluding hydrogens is 282 g/mol. The summed E-state index contributed by atoms with van der Waals surface area (Å²) in [5.74, 6) is -0.446. The summed E-state index contributed by atoms with van der Waals surface area (Å²) in [5, 5.41) is 9.19. The van der Waals surface area contributed by atoms with E-state index in [4.69, 9.17) is 4.74 Å². The quantitative estimate of drug-likeness (QED) is 0.857. The highest BCUT2D eigenvalue weighted by atomic mass is 16.5. The second-order valence-corrected chi connectivity index (χ2v) is 5.28. The monoisotopic (exact) mass is 301 g/mol. The van der Waals surface area contributed by atoms with Crippen molar-refractivity contribution in [1.82, 2.24) is 4.57 Å². The first-order chi connectivity index (χ1) is 10.5. The van der Waals surface area contributed by atoms with Crippen LogP contribution in [0.1, 0.15) is 19.4 Å². The van der Waals surface area contributed by atoms with Crippen molar-refractivity contribution in [2.24, 2.45) is 0 Å². The van der Waals surface area contributed by atoms with Crippen molar-refractivity contribution in [3.8, 4) is 11.1 Å². The van der Waals surface area contributed by atoms with E-state index in [9.17, 15) is 14.7 Å². The fourth-order valence-corrected chi connectivity index (χ4v) is 2.11. The Morgan fingerprint density at radius 3 is 2.68 bits per heavy atom. The third-order valence-corrected chi connectivity index (χ3v) is 3.09. The highest BCUT2D eigenvalue weighted by Gasteiger charge is 2.09. The molecule has 0 aliphatic carbocycles. The molecule has 5 nitrogen and oxygen atoms in total. The third kappa shape index (κ3) is 4.05. The van der Waals surface area contributed by atoms with E-state index in [0.717, 1.165) is 16.7 Å². The van der Waals surface area contributed by atoms with Crippen molar-refractivity contribution in [3.05, 3.63) is 58.5 Å². The predicted molar refractivity (Wildman–Crippen MR) is 83.3 cm³/mol. The molecule has 1 aromatic carbocycles. The first kappa shape index (κ1) is 16.0. The lowest BCUT2D eigenvalue weighted by Gasteiger charge is -2.11. The number of esters is 1. The molecular formula is C17H19NO4. The molecule has 0 amide bonds. The molecule has 116 valence electrons. The number of ether oxygens (including phenoxy) is 1. The van der Waals surface area contributed by atoms with Gasteiger partial charge in [0.25, 0.3) is 5.56 Å². The maximum Gasteiger partial charge on any atom is 0.326 e. The highest BCUT2D eigenvalue weighted by Crippen LogP contribution is 2.19. The fraction of sp³-hybridized carbons (Fsp3) is 0.294. The van der Waals surface area contributed by atoms with Gasteiger partial charge in [0, 0.05) is 12.3 Å². The Kier molecular flexibility index (Phi) is 5.12. The lowest BCUT2D eigenvalue weighted by atomic mass is 10.1. The van der Waals surface area contributed by atoms with Crippen molar-refractivity contribution in [3.63, 3.8) is 0 Å². The van der Waals surface area contributed by atoms with Crippen molar-refractivity contribution in [2.45, 2.75) is 33.1 Å². The van der Waals surface area contributed by atoms with E-state index in [1.165, 1.54) is 10.6 Å². The number of nitrogens with zero attached hydrogens (tertiary/aromatic N) is 1. The highest BCUT2D eigenvalue weighted by molar-refractivity contribution is 5.70. The maximum absolute atomic E-state index is 11.9. The zero-order valence-corrected chi connectivity index (χ0v) is 12.7. The van der Waals surface area contributed by atoms with Gasteiger partial charge in [-0.2, -0.15) is 0 Å². The SMILES string of the molecule is CC(C)OC(=O)Cn1cc(-c2cccc(CO)c2)ccc1=O. The minimum atomic E-state index is -0.446. The van der Waals surface area contributed by atoms with Crippen molar-refractivity contribution in [2.75, 3.05) is 0 Å². The van der Waals surface area contributed by atoms with E-state index in [-0.39, 0.29) is 24.8 Å². The van der Waals surface area contributed by atoms with Gasteiger partial charge in [0.15, 0.2) is 0 Å². The number of carbonyl (C=O) groups excluding carboxylic acids is 1. The van der Waals surface area contributed by atoms with E-state index < -0.39 is 5.97 Å². The van der Waals surface area contributed by atoms with Crippen molar-refractivity contribution >= 4 is 5.97 Å². The predicted octanol–water partition coefficient (Wildman–Crippen LogP) is 1.96. The number of aromatic nitrogens is 1. The molecule has 5 heteroatoms. The Labute approximate surface area is 128 Å². The van der Waals surface area contributed by atoms with Gasteiger partial charge < -0.3 is 14.4 Å². The van der Waals surface area contributed by atoms with Crippen molar-refractivity contribution < 1.29 is 14.6 Å². The summed E-state index contributed by atoms with van der Waals surface area (Å²) in [5.41, 5.74) is 2.20. The summed E-state index contributed by atoms with van der Waals surface area (Å²) in [6.45, 7) is 3.35. The van der Waals surface area contributed by atoms with Crippen LogP contribution in [0.5, 0.6) is 0 Å². The second kappa shape index (κ2) is 7.04. The van der Waals surface area contributed by atoms with E-state index in [0.29, 0.717) is 0 Å². The lowest BCUT2D eigenvalue weighted by Crippen LogP contribution is -2.25. The molecule has 1 heterocycles. The minimum absolute atomic E-state index is 0.0474. The van der Waals surface area contributed by atoms with E-state index in [1.807, 2.05) is 24.3 Å². The maximum atomic E-state index is 11.9. The Hall–Kier alpha value is -2.40. The summed E-state index contributed by atoms with van der Waals surface area (Å²) in [6.07, 6.45) is 1.41. The molecule has 0 saturated heterocycles. The minimum Gasteiger partial charge on any atom is -0.462 e. The number of rotatable bonds is 5. The van der Waals surface area contributed by atoms with Crippen LogP contribution in [0.25, 0.3) is 11.1 Å². The molecule has 2 aromatic rings. The van der Waals surface area contributed by atoms with Crippen molar-refractivity contribution in [1.29, 1.82) is 0 Å². The molecule has 0 bridgehead atoms. The molecule has 22 heavy (non-hydrogen) atoms. The number of hydrogen-bond acceptors (Lipinski definition) is 4. The molecule has 0 atom stereocenters. The third-order valence-electron chi connectivity index (χ3n) is 3.09. The molecule has 0 aliphatic rings. The van der Waals surface area contributed by atoms with Gasteiger partial charge in [0.05, 0.1) is 12.7 Å². The standard InChI is InChI=1S/C17H19NO4/c1-12(2)22-17(21)10-18-9-15(6-7-16(18)20)14-5-3-4-13(8-14)11-19/h3-9,12,19H,10-11H2,1-2H3. The number of hydrogen-bond donors (Lipinski definition) is 1. The molecule has 0 aliphatic heterocycles. The van der Waals surface area contributed by atoms with Gasteiger partial charge in [-0.3, -0.25) is 9.59 Å². The Morgan fingerprint density at radius 2 is 2.00 bits per heavy atom. The molecule has 0 radical (unpaired) electrons. The first-order valence-electron chi connectivity index (χ1n) is 7.09. The second-order valence-electron chi connectivity index (χ2n) is 5.28. The van der Waals surface area contributed by atoms with Crippen LogP contribution >= 0.6 is 0 Å². The Morgan fingerprint density at radius 1 is 1.23 bits per heavy atom. The van der Waals surface area contributed by atoms with E-state index in [2.05, 4.69) is 0 Å². The molecule has 0 unspecified atom stereocenters. The average molecular weight is 301 g/mol. The van der Waals surface area contributed by atoms with Gasteiger partial charge in [-0.25, -0.2) is 0 Å². The van der Waals surface area contributed by atoms with Crippen LogP contribution in [0.4, 0.5) is 0 Å². The molecule has 0 fully saturated rings. The van der Waals surface area contributed by atoms with E-state index in [1.54, 1.807) is 26.1 Å². The van der Waals surface area contributed by atoms with Crippen LogP contribution in [0.15, 0.2) is 47.4 Å². The fourth-order valence-electron chi connectivity index (χ4n) is 2.11. The molecule has 0 saturated carbocycles.